The third-order valence-corrected chi connectivity index (χ3v) is 4.14. The molecule has 15 heteroatoms. The van der Waals surface area contributed by atoms with Crippen LogP contribution in [-0.2, 0) is 19.1 Å². The molecule has 0 saturated heterocycles. The van der Waals surface area contributed by atoms with E-state index in [9.17, 15) is 23.2 Å². The van der Waals surface area contributed by atoms with Gasteiger partial charge < -0.3 is 25.6 Å². The molecule has 0 heterocycles. The van der Waals surface area contributed by atoms with Crippen molar-refractivity contribution in [2.24, 2.45) is 5.73 Å². The molecular formula is C17H28F2I5N2O6-. The molecule has 2 rings (SSSR count). The first kappa shape index (κ1) is 35.8. The number of aliphatic carboxylic acids is 1. The van der Waals surface area contributed by atoms with Gasteiger partial charge >= 0.3 is 68.5 Å². The van der Waals surface area contributed by atoms with Gasteiger partial charge in [-0.15, -0.1) is 0 Å². The summed E-state index contributed by atoms with van der Waals surface area (Å²) in [5, 5.41) is 10.7. The number of carboxylic acids is 1. The van der Waals surface area contributed by atoms with Gasteiger partial charge in [-0.25, -0.2) is 18.4 Å². The maximum atomic E-state index is 13.0. The van der Waals surface area contributed by atoms with Gasteiger partial charge in [-0.1, -0.05) is 0 Å². The van der Waals surface area contributed by atoms with Crippen molar-refractivity contribution in [2.45, 2.75) is 82.4 Å². The fourth-order valence-electron chi connectivity index (χ4n) is 2.69. The van der Waals surface area contributed by atoms with Gasteiger partial charge in [0.25, 0.3) is 0 Å². The summed E-state index contributed by atoms with van der Waals surface area (Å²) >= 11 is 9.54. The van der Waals surface area contributed by atoms with Crippen LogP contribution in [0.15, 0.2) is 0 Å². The van der Waals surface area contributed by atoms with Crippen LogP contribution in [0.25, 0.3) is 0 Å². The predicted molar refractivity (Wildman–Crippen MR) is 148 cm³/mol. The number of nitrogens with one attached hydrogen (secondary N) is 1. The van der Waals surface area contributed by atoms with Crippen LogP contribution in [0.5, 0.6) is 0 Å². The SMILES string of the molecule is CCOC(=O)C1(NC(=O)OC(C)(C)C)CC([18F])C1.II.I[I-]I.NC1(C(=O)O)CC([18F])C1. The number of rotatable bonds is 4. The van der Waals surface area contributed by atoms with Gasteiger partial charge in [0.1, 0.15) is 29.0 Å². The Hall–Kier alpha value is 1.68. The van der Waals surface area contributed by atoms with Crippen LogP contribution in [0.3, 0.4) is 0 Å². The Bertz CT molecular complexity index is 600. The molecule has 0 aromatic carbocycles. The monoisotopic (exact) mass is 1030 g/mol. The molecule has 2 aliphatic rings. The van der Waals surface area contributed by atoms with Gasteiger partial charge in [0.2, 0.25) is 0 Å². The number of hydrogen-bond donors (Lipinski definition) is 3. The number of carbonyl (C=O) groups is 3. The van der Waals surface area contributed by atoms with Gasteiger partial charge in [-0.2, -0.15) is 0 Å². The number of ether oxygens (including phenoxy) is 2. The normalized spacial score (nSPS) is 27.8. The summed E-state index contributed by atoms with van der Waals surface area (Å²) in [4.78, 5) is 33.5. The molecular weight excluding hydrogens is 999 g/mol. The van der Waals surface area contributed by atoms with Crippen LogP contribution in [0.2, 0.25) is 0 Å². The zero-order chi connectivity index (χ0) is 25.8. The van der Waals surface area contributed by atoms with E-state index in [0.717, 1.165) is 0 Å². The van der Waals surface area contributed by atoms with Gasteiger partial charge in [-0.05, 0) is 27.7 Å². The molecule has 1 amide bonds. The van der Waals surface area contributed by atoms with E-state index in [-0.39, 0.29) is 32.3 Å². The fraction of sp³-hybridized carbons (Fsp3) is 0.824. The molecule has 192 valence electrons. The van der Waals surface area contributed by atoms with Crippen LogP contribution in [0.4, 0.5) is 13.6 Å². The molecule has 2 aliphatic carbocycles. The molecule has 4 N–H and O–H groups in total. The maximum absolute atomic E-state index is 13.0. The van der Waals surface area contributed by atoms with E-state index in [0.29, 0.717) is 13.3 Å². The van der Waals surface area contributed by atoms with Crippen LogP contribution < -0.4 is 24.3 Å². The minimum absolute atomic E-state index is 0.0394. The topological polar surface area (TPSA) is 128 Å². The Labute approximate surface area is 240 Å². The van der Waals surface area contributed by atoms with Crippen molar-refractivity contribution in [1.82, 2.24) is 5.32 Å². The molecule has 2 saturated carbocycles. The summed E-state index contributed by atoms with van der Waals surface area (Å²) in [6.07, 6.45) is -3.04. The molecule has 0 unspecified atom stereocenters. The minimum atomic E-state index is -1.27. The van der Waals surface area contributed by atoms with Crippen molar-refractivity contribution in [3.8, 4) is 0 Å². The number of halogens is 7. The summed E-state index contributed by atoms with van der Waals surface area (Å²) in [5.74, 6) is -1.71. The number of hydrogen-bond acceptors (Lipinski definition) is 6. The maximum Gasteiger partial charge on any atom is 0.323 e. The number of esters is 1. The number of nitrogens with two attached hydrogens (primary N) is 1. The Kier molecular flexibility index (Phi) is 19.3. The van der Waals surface area contributed by atoms with E-state index in [1.165, 1.54) is 0 Å². The Morgan fingerprint density at radius 1 is 1.12 bits per heavy atom. The van der Waals surface area contributed by atoms with Crippen LogP contribution in [-0.4, -0.2) is 58.8 Å². The molecule has 8 nitrogen and oxygen atoms in total. The third kappa shape index (κ3) is 13.7. The van der Waals surface area contributed by atoms with E-state index < -0.39 is 47.1 Å². The summed E-state index contributed by atoms with van der Waals surface area (Å²) in [6, 6.07) is 0. The number of carboxylic acid groups (broad SMARTS) is 1. The second kappa shape index (κ2) is 17.2. The van der Waals surface area contributed by atoms with E-state index in [4.69, 9.17) is 20.3 Å². The summed E-state index contributed by atoms with van der Waals surface area (Å²) in [5.41, 5.74) is 2.00. The largest absolute Gasteiger partial charge is 0.480 e. The number of carbonyl (C=O) groups excluding carboxylic acids is 2. The second-order valence-corrected chi connectivity index (χ2v) is 24.2. The van der Waals surface area contributed by atoms with E-state index >= 15 is 0 Å². The van der Waals surface area contributed by atoms with E-state index in [2.05, 4.69) is 79.8 Å². The van der Waals surface area contributed by atoms with Crippen LogP contribution in [0, 0.1) is 0 Å². The first-order chi connectivity index (χ1) is 14.6. The Balaban J connectivity index is 0. The number of alkyl halides is 2. The summed E-state index contributed by atoms with van der Waals surface area (Å²) in [6.45, 7) is 6.98. The molecule has 0 aromatic rings. The average molecular weight is 1030 g/mol. The van der Waals surface area contributed by atoms with E-state index in [1.54, 1.807) is 27.7 Å². The quantitative estimate of drug-likeness (QED) is 0.292. The first-order valence-corrected chi connectivity index (χ1v) is 28.0. The van der Waals surface area contributed by atoms with Crippen molar-refractivity contribution < 1.29 is 51.0 Å². The molecule has 2 fully saturated rings. The van der Waals surface area contributed by atoms with Crippen molar-refractivity contribution >= 4 is 92.5 Å². The number of alkyl carbamates (subject to hydrolysis) is 1. The Morgan fingerprint density at radius 3 is 1.78 bits per heavy atom. The van der Waals surface area contributed by atoms with Crippen LogP contribution in [0.1, 0.15) is 53.4 Å². The second-order valence-electron chi connectivity index (χ2n) is 7.96. The van der Waals surface area contributed by atoms with Crippen molar-refractivity contribution in [3.63, 3.8) is 0 Å². The molecule has 0 atom stereocenters. The molecule has 0 bridgehead atoms. The predicted octanol–water partition coefficient (Wildman–Crippen LogP) is 2.39. The summed E-state index contributed by atoms with van der Waals surface area (Å²) < 4.78 is 34.9. The average Bonchev–Trinajstić information content (AvgIpc) is 2.60. The van der Waals surface area contributed by atoms with E-state index in [1.807, 2.05) is 0 Å². The Morgan fingerprint density at radius 2 is 1.53 bits per heavy atom. The van der Waals surface area contributed by atoms with Crippen molar-refractivity contribution in [2.75, 3.05) is 6.61 Å². The zero-order valence-corrected chi connectivity index (χ0v) is 28.7. The molecule has 0 aliphatic heterocycles. The summed E-state index contributed by atoms with van der Waals surface area (Å²) in [7, 11) is 0. The minimum Gasteiger partial charge on any atom is -0.480 e. The first-order valence-electron chi connectivity index (χ1n) is 9.15. The van der Waals surface area contributed by atoms with Gasteiger partial charge in [0, 0.05) is 62.9 Å². The molecule has 0 spiro atoms. The van der Waals surface area contributed by atoms with Crippen molar-refractivity contribution in [1.29, 1.82) is 0 Å². The number of amides is 1. The molecule has 0 aromatic heterocycles. The van der Waals surface area contributed by atoms with Gasteiger partial charge in [0.15, 0.2) is 0 Å². The third-order valence-electron chi connectivity index (χ3n) is 4.14. The van der Waals surface area contributed by atoms with Crippen molar-refractivity contribution in [3.05, 3.63) is 0 Å². The standard InChI is InChI=1S/C12H20FNO4.C5H8FNO2.I3.I2/c1-5-17-9(15)12(6-8(13)7-12)14-10(16)18-11(2,3)4;6-3-1-5(7,2-3)4(8)9;1-3-2;1-2/h8H,5-7H2,1-4H3,(H,14,16);3H,1-2,7H2,(H,8,9);;/q;;-1;/i13-1;6-1;;. The smallest absolute Gasteiger partial charge is 0.323 e. The van der Waals surface area contributed by atoms with Gasteiger partial charge in [0.05, 0.1) is 6.61 Å². The van der Waals surface area contributed by atoms with Crippen LogP contribution >= 0.6 is 74.5 Å². The zero-order valence-electron chi connectivity index (χ0n) is 17.9. The fourth-order valence-corrected chi connectivity index (χ4v) is 2.69. The molecule has 32 heavy (non-hydrogen) atoms. The van der Waals surface area contributed by atoms with Gasteiger partial charge in [-0.3, -0.25) is 4.79 Å². The molecule has 0 radical (unpaired) electrons.